The van der Waals surface area contributed by atoms with Crippen LogP contribution in [0.4, 0.5) is 13.2 Å². The van der Waals surface area contributed by atoms with Gasteiger partial charge in [-0.3, -0.25) is 9.59 Å². The molecule has 0 aliphatic carbocycles. The molecule has 0 aromatic heterocycles. The third kappa shape index (κ3) is 5.38. The van der Waals surface area contributed by atoms with Crippen LogP contribution in [0.1, 0.15) is 45.9 Å². The molecule has 8 heteroatoms. The lowest BCUT2D eigenvalue weighted by molar-refractivity contribution is -0.137. The van der Waals surface area contributed by atoms with Gasteiger partial charge in [0, 0.05) is 38.7 Å². The topological polar surface area (TPSA) is 61.4 Å². The predicted octanol–water partition coefficient (Wildman–Crippen LogP) is 3.52. The Kier molecular flexibility index (Phi) is 6.77. The Morgan fingerprint density at radius 2 is 1.90 bits per heavy atom. The van der Waals surface area contributed by atoms with E-state index in [4.69, 9.17) is 0 Å². The molecule has 30 heavy (non-hydrogen) atoms. The Morgan fingerprint density at radius 1 is 1.17 bits per heavy atom. The molecule has 2 amide bonds. The van der Waals surface area contributed by atoms with Crippen molar-refractivity contribution in [2.24, 2.45) is 0 Å². The Balaban J connectivity index is 1.78. The van der Waals surface area contributed by atoms with Crippen LogP contribution in [0.5, 0.6) is 0 Å². The van der Waals surface area contributed by atoms with Crippen molar-refractivity contribution < 1.29 is 22.8 Å². The monoisotopic (exact) mass is 419 g/mol. The molecule has 160 valence electrons. The summed E-state index contributed by atoms with van der Waals surface area (Å²) in [6.45, 7) is 1.30. The number of likely N-dealkylation sites (tertiary alicyclic amines) is 1. The van der Waals surface area contributed by atoms with E-state index in [1.54, 1.807) is 42.3 Å². The molecule has 5 nitrogen and oxygen atoms in total. The van der Waals surface area contributed by atoms with E-state index in [9.17, 15) is 22.8 Å². The quantitative estimate of drug-likeness (QED) is 0.722. The Labute approximate surface area is 173 Å². The van der Waals surface area contributed by atoms with Crippen molar-refractivity contribution in [3.05, 3.63) is 70.8 Å². The van der Waals surface area contributed by atoms with Crippen molar-refractivity contribution in [1.82, 2.24) is 15.5 Å². The van der Waals surface area contributed by atoms with Gasteiger partial charge in [0.25, 0.3) is 5.91 Å². The average molecular weight is 419 g/mol. The number of alkyl halides is 3. The molecule has 1 unspecified atom stereocenters. The average Bonchev–Trinajstić information content (AvgIpc) is 3.14. The second kappa shape index (κ2) is 9.30. The van der Waals surface area contributed by atoms with Gasteiger partial charge in [-0.2, -0.15) is 13.2 Å². The SMILES string of the molecule is CNC(=O)c1ccc(CNC(CN2CCCC2=O)c2cccc(C(F)(F)F)c2)cc1. The second-order valence-corrected chi connectivity index (χ2v) is 7.28. The number of rotatable bonds is 7. The standard InChI is InChI=1S/C22H24F3N3O2/c1-26-21(30)16-9-7-15(8-10-16)13-27-19(14-28-11-3-6-20(28)29)17-4-2-5-18(12-17)22(23,24)25/h2,4-5,7-10,12,19,27H,3,6,11,13-14H2,1H3,(H,26,30). The van der Waals surface area contributed by atoms with Crippen LogP contribution in [0.3, 0.4) is 0 Å². The summed E-state index contributed by atoms with van der Waals surface area (Å²) in [5.74, 6) is -0.174. The Morgan fingerprint density at radius 3 is 2.50 bits per heavy atom. The minimum Gasteiger partial charge on any atom is -0.355 e. The van der Waals surface area contributed by atoms with Crippen molar-refractivity contribution in [2.75, 3.05) is 20.1 Å². The lowest BCUT2D eigenvalue weighted by Crippen LogP contribution is -2.36. The molecule has 1 aliphatic rings. The first-order chi connectivity index (χ1) is 14.3. The number of carbonyl (C=O) groups excluding carboxylic acids is 2. The van der Waals surface area contributed by atoms with Gasteiger partial charge in [-0.25, -0.2) is 0 Å². The maximum atomic E-state index is 13.2. The van der Waals surface area contributed by atoms with Gasteiger partial charge in [-0.15, -0.1) is 0 Å². The normalized spacial score (nSPS) is 15.3. The maximum absolute atomic E-state index is 13.2. The summed E-state index contributed by atoms with van der Waals surface area (Å²) < 4.78 is 39.5. The highest BCUT2D eigenvalue weighted by atomic mass is 19.4. The number of benzene rings is 2. The zero-order valence-electron chi connectivity index (χ0n) is 16.6. The fraction of sp³-hybridized carbons (Fsp3) is 0.364. The fourth-order valence-electron chi connectivity index (χ4n) is 3.50. The van der Waals surface area contributed by atoms with E-state index in [1.807, 2.05) is 0 Å². The highest BCUT2D eigenvalue weighted by molar-refractivity contribution is 5.93. The molecule has 0 bridgehead atoms. The molecule has 1 atom stereocenters. The lowest BCUT2D eigenvalue weighted by Gasteiger charge is -2.26. The number of carbonyl (C=O) groups is 2. The van der Waals surface area contributed by atoms with Gasteiger partial charge in [0.1, 0.15) is 0 Å². The van der Waals surface area contributed by atoms with Gasteiger partial charge < -0.3 is 15.5 Å². The highest BCUT2D eigenvalue weighted by Crippen LogP contribution is 2.31. The van der Waals surface area contributed by atoms with Gasteiger partial charge in [0.2, 0.25) is 5.91 Å². The molecule has 1 fully saturated rings. The summed E-state index contributed by atoms with van der Waals surface area (Å²) in [4.78, 5) is 25.4. The molecule has 0 saturated carbocycles. The van der Waals surface area contributed by atoms with E-state index < -0.39 is 17.8 Å². The van der Waals surface area contributed by atoms with Crippen LogP contribution >= 0.6 is 0 Å². The molecule has 1 aliphatic heterocycles. The van der Waals surface area contributed by atoms with Crippen molar-refractivity contribution in [1.29, 1.82) is 0 Å². The predicted molar refractivity (Wildman–Crippen MR) is 107 cm³/mol. The lowest BCUT2D eigenvalue weighted by atomic mass is 10.0. The van der Waals surface area contributed by atoms with Crippen LogP contribution in [0.15, 0.2) is 48.5 Å². The second-order valence-electron chi connectivity index (χ2n) is 7.28. The first-order valence-corrected chi connectivity index (χ1v) is 9.77. The molecular weight excluding hydrogens is 395 g/mol. The molecule has 2 aromatic rings. The van der Waals surface area contributed by atoms with Gasteiger partial charge in [0.05, 0.1) is 11.6 Å². The van der Waals surface area contributed by atoms with Gasteiger partial charge in [-0.1, -0.05) is 24.3 Å². The van der Waals surface area contributed by atoms with Crippen molar-refractivity contribution in [3.8, 4) is 0 Å². The van der Waals surface area contributed by atoms with Gasteiger partial charge in [0.15, 0.2) is 0 Å². The molecule has 0 radical (unpaired) electrons. The molecule has 1 saturated heterocycles. The van der Waals surface area contributed by atoms with E-state index >= 15 is 0 Å². The van der Waals surface area contributed by atoms with Crippen LogP contribution in [-0.4, -0.2) is 36.9 Å². The molecular formula is C22H24F3N3O2. The number of halogens is 3. The van der Waals surface area contributed by atoms with E-state index in [-0.39, 0.29) is 11.8 Å². The molecule has 1 heterocycles. The summed E-state index contributed by atoms with van der Waals surface area (Å²) in [5, 5.41) is 5.83. The van der Waals surface area contributed by atoms with Crippen LogP contribution in [0.25, 0.3) is 0 Å². The first kappa shape index (κ1) is 21.8. The smallest absolute Gasteiger partial charge is 0.355 e. The summed E-state index contributed by atoms with van der Waals surface area (Å²) in [6.07, 6.45) is -3.20. The largest absolute Gasteiger partial charge is 0.416 e. The molecule has 0 spiro atoms. The Bertz CT molecular complexity index is 897. The van der Waals surface area contributed by atoms with Crippen molar-refractivity contribution in [3.63, 3.8) is 0 Å². The number of hydrogen-bond donors (Lipinski definition) is 2. The van der Waals surface area contributed by atoms with Crippen molar-refractivity contribution >= 4 is 11.8 Å². The van der Waals surface area contributed by atoms with Crippen molar-refractivity contribution in [2.45, 2.75) is 31.6 Å². The fourth-order valence-corrected chi connectivity index (χ4v) is 3.50. The number of nitrogens with zero attached hydrogens (tertiary/aromatic N) is 1. The molecule has 2 N–H and O–H groups in total. The molecule has 3 rings (SSSR count). The summed E-state index contributed by atoms with van der Waals surface area (Å²) in [7, 11) is 1.55. The number of amides is 2. The third-order valence-corrected chi connectivity index (χ3v) is 5.19. The van der Waals surface area contributed by atoms with E-state index in [1.165, 1.54) is 6.07 Å². The number of nitrogens with one attached hydrogen (secondary N) is 2. The summed E-state index contributed by atoms with van der Waals surface area (Å²) >= 11 is 0. The minimum absolute atomic E-state index is 0.0173. The zero-order chi connectivity index (χ0) is 21.7. The first-order valence-electron chi connectivity index (χ1n) is 9.77. The van der Waals surface area contributed by atoms with Crippen LogP contribution in [-0.2, 0) is 17.5 Å². The maximum Gasteiger partial charge on any atom is 0.416 e. The van der Waals surface area contributed by atoms with E-state index in [0.717, 1.165) is 24.1 Å². The molecule has 2 aromatic carbocycles. The zero-order valence-corrected chi connectivity index (χ0v) is 16.6. The summed E-state index contributed by atoms with van der Waals surface area (Å²) in [6, 6.07) is 11.7. The highest BCUT2D eigenvalue weighted by Gasteiger charge is 2.31. The van der Waals surface area contributed by atoms with E-state index in [2.05, 4.69) is 10.6 Å². The van der Waals surface area contributed by atoms with Gasteiger partial charge in [-0.05, 0) is 41.8 Å². The summed E-state index contributed by atoms with van der Waals surface area (Å²) in [5.41, 5.74) is 1.17. The minimum atomic E-state index is -4.43. The van der Waals surface area contributed by atoms with Gasteiger partial charge >= 0.3 is 6.18 Å². The third-order valence-electron chi connectivity index (χ3n) is 5.19. The number of hydrogen-bond acceptors (Lipinski definition) is 3. The Hall–Kier alpha value is -2.87. The van der Waals surface area contributed by atoms with E-state index in [0.29, 0.717) is 37.2 Å². The van der Waals surface area contributed by atoms with Crippen LogP contribution in [0.2, 0.25) is 0 Å². The van der Waals surface area contributed by atoms with Crippen LogP contribution in [0, 0.1) is 0 Å². The van der Waals surface area contributed by atoms with Crippen LogP contribution < -0.4 is 10.6 Å².